The molecule has 0 saturated carbocycles. The first kappa shape index (κ1) is 26.8. The van der Waals surface area contributed by atoms with Gasteiger partial charge in [0, 0.05) is 27.8 Å². The van der Waals surface area contributed by atoms with Gasteiger partial charge in [0.2, 0.25) is 11.8 Å². The van der Waals surface area contributed by atoms with Gasteiger partial charge in [0.05, 0.1) is 11.3 Å². The van der Waals surface area contributed by atoms with Crippen molar-refractivity contribution < 1.29 is 32.7 Å². The second kappa shape index (κ2) is 11.8. The number of halogens is 4. The number of hydrogen-bond donors (Lipinski definition) is 3. The van der Waals surface area contributed by atoms with Gasteiger partial charge in [-0.15, -0.1) is 11.8 Å². The van der Waals surface area contributed by atoms with Crippen molar-refractivity contribution in [2.75, 3.05) is 10.6 Å². The molecule has 0 heterocycles. The fourth-order valence-electron chi connectivity index (χ4n) is 3.04. The number of anilines is 2. The van der Waals surface area contributed by atoms with E-state index in [1.54, 1.807) is 54.6 Å². The Kier molecular flexibility index (Phi) is 8.78. The third kappa shape index (κ3) is 7.62. The number of carboxylic acids is 1. The summed E-state index contributed by atoms with van der Waals surface area (Å²) < 4.78 is 40.5. The van der Waals surface area contributed by atoms with Gasteiger partial charge in [-0.05, 0) is 48.0 Å². The van der Waals surface area contributed by atoms with Gasteiger partial charge in [-0.3, -0.25) is 9.59 Å². The van der Waals surface area contributed by atoms with Crippen molar-refractivity contribution in [3.8, 4) is 0 Å². The van der Waals surface area contributed by atoms with E-state index < -0.39 is 40.5 Å². The zero-order valence-corrected chi connectivity index (χ0v) is 19.8. The van der Waals surface area contributed by atoms with E-state index in [1.807, 2.05) is 0 Å². The normalized spacial score (nSPS) is 12.2. The highest BCUT2D eigenvalue weighted by Gasteiger charge is 2.35. The van der Waals surface area contributed by atoms with Gasteiger partial charge in [0.15, 0.2) is 0 Å². The molecule has 3 N–H and O–H groups in total. The van der Waals surface area contributed by atoms with Crippen molar-refractivity contribution in [1.82, 2.24) is 0 Å². The van der Waals surface area contributed by atoms with E-state index in [0.29, 0.717) is 22.2 Å². The van der Waals surface area contributed by atoms with Crippen molar-refractivity contribution in [1.29, 1.82) is 0 Å². The molecule has 3 rings (SSSR count). The molecule has 0 aromatic heterocycles. The van der Waals surface area contributed by atoms with Crippen LogP contribution in [0, 0.1) is 0 Å². The van der Waals surface area contributed by atoms with Crippen LogP contribution in [0.5, 0.6) is 0 Å². The first-order chi connectivity index (χ1) is 17.0. The minimum absolute atomic E-state index is 0.111. The molecule has 1 unspecified atom stereocenters. The van der Waals surface area contributed by atoms with E-state index in [9.17, 15) is 27.6 Å². The lowest BCUT2D eigenvalue weighted by molar-refractivity contribution is -0.137. The van der Waals surface area contributed by atoms with Gasteiger partial charge < -0.3 is 15.7 Å². The second-order valence-corrected chi connectivity index (χ2v) is 8.89. The number of amides is 2. The summed E-state index contributed by atoms with van der Waals surface area (Å²) in [5, 5.41) is 12.4. The van der Waals surface area contributed by atoms with Crippen LogP contribution in [-0.2, 0) is 20.6 Å². The Hall–Kier alpha value is -3.76. The minimum atomic E-state index is -4.72. The predicted molar refractivity (Wildman–Crippen MR) is 132 cm³/mol. The van der Waals surface area contributed by atoms with Crippen LogP contribution < -0.4 is 10.6 Å². The average molecular weight is 535 g/mol. The van der Waals surface area contributed by atoms with Gasteiger partial charge >= 0.3 is 12.1 Å². The van der Waals surface area contributed by atoms with Gasteiger partial charge in [-0.2, -0.15) is 13.2 Å². The Morgan fingerprint density at radius 3 is 2.19 bits per heavy atom. The molecule has 2 amide bonds. The highest BCUT2D eigenvalue weighted by Crippen LogP contribution is 2.40. The molecule has 0 radical (unpaired) electrons. The monoisotopic (exact) mass is 534 g/mol. The number of rotatable bonds is 8. The van der Waals surface area contributed by atoms with Crippen LogP contribution in [0.2, 0.25) is 5.02 Å². The summed E-state index contributed by atoms with van der Waals surface area (Å²) in [6.07, 6.45) is -3.15. The summed E-state index contributed by atoms with van der Waals surface area (Å²) in [6, 6.07) is 18.0. The molecule has 0 spiro atoms. The molecule has 3 aromatic carbocycles. The van der Waals surface area contributed by atoms with E-state index in [0.717, 1.165) is 30.0 Å². The van der Waals surface area contributed by atoms with E-state index in [-0.39, 0.29) is 5.02 Å². The Bertz CT molecular complexity index is 1280. The predicted octanol–water partition coefficient (Wildman–Crippen LogP) is 6.41. The fraction of sp³-hybridized carbons (Fsp3) is 0.0800. The largest absolute Gasteiger partial charge is 0.478 e. The molecular formula is C25H18ClF3N2O4S. The van der Waals surface area contributed by atoms with Crippen molar-refractivity contribution >= 4 is 52.5 Å². The van der Waals surface area contributed by atoms with Crippen LogP contribution in [0.25, 0.3) is 0 Å². The Morgan fingerprint density at radius 2 is 1.58 bits per heavy atom. The molecule has 0 aliphatic carbocycles. The van der Waals surface area contributed by atoms with E-state index in [4.69, 9.17) is 16.7 Å². The number of thioether (sulfide) groups is 1. The zero-order chi connectivity index (χ0) is 26.3. The summed E-state index contributed by atoms with van der Waals surface area (Å²) in [4.78, 5) is 36.0. The van der Waals surface area contributed by atoms with E-state index in [1.165, 1.54) is 6.07 Å². The van der Waals surface area contributed by atoms with Gasteiger partial charge in [-0.1, -0.05) is 41.9 Å². The summed E-state index contributed by atoms with van der Waals surface area (Å²) in [6.45, 7) is 0. The van der Waals surface area contributed by atoms with Crippen molar-refractivity contribution in [2.24, 2.45) is 0 Å². The van der Waals surface area contributed by atoms with Crippen molar-refractivity contribution in [3.05, 3.63) is 101 Å². The summed E-state index contributed by atoms with van der Waals surface area (Å²) in [5.41, 5.74) is -0.516. The van der Waals surface area contributed by atoms with Crippen molar-refractivity contribution in [2.45, 2.75) is 16.3 Å². The van der Waals surface area contributed by atoms with Crippen molar-refractivity contribution in [3.63, 3.8) is 0 Å². The van der Waals surface area contributed by atoms with Crippen LogP contribution in [0.4, 0.5) is 24.5 Å². The molecular weight excluding hydrogens is 517 g/mol. The molecule has 1 atom stereocenters. The molecule has 0 bridgehead atoms. The Morgan fingerprint density at radius 1 is 0.917 bits per heavy atom. The summed E-state index contributed by atoms with van der Waals surface area (Å²) in [7, 11) is 0. The minimum Gasteiger partial charge on any atom is -0.478 e. The number of carboxylic acid groups (broad SMARTS) is 1. The summed E-state index contributed by atoms with van der Waals surface area (Å²) in [5.74, 6) is -2.57. The number of benzene rings is 3. The number of hydrogen-bond acceptors (Lipinski definition) is 4. The standard InChI is InChI=1S/C25H18ClF3N2O4S/c26-16-6-11-20(19(14-16)25(27,28)29)31-24(35)23(15-4-2-1-3-5-15)36-18-9-7-17(8-10-18)30-21(32)12-13-22(33)34/h1-14,23H,(H,30,32)(H,31,35)(H,33,34)/b13-12+. The van der Waals surface area contributed by atoms with E-state index in [2.05, 4.69) is 10.6 Å². The summed E-state index contributed by atoms with van der Waals surface area (Å²) >= 11 is 6.83. The Balaban J connectivity index is 1.82. The maximum Gasteiger partial charge on any atom is 0.418 e. The fourth-order valence-corrected chi connectivity index (χ4v) is 4.24. The average Bonchev–Trinajstić information content (AvgIpc) is 2.83. The third-order valence-electron chi connectivity index (χ3n) is 4.64. The number of aliphatic carboxylic acids is 1. The number of carbonyl (C=O) groups is 3. The molecule has 186 valence electrons. The highest BCUT2D eigenvalue weighted by atomic mass is 35.5. The first-order valence-electron chi connectivity index (χ1n) is 10.2. The molecule has 36 heavy (non-hydrogen) atoms. The third-order valence-corrected chi connectivity index (χ3v) is 6.14. The van der Waals surface area contributed by atoms with Crippen LogP contribution in [0.1, 0.15) is 16.4 Å². The Labute approximate surface area is 213 Å². The molecule has 0 aliphatic heterocycles. The maximum atomic E-state index is 13.5. The maximum absolute atomic E-state index is 13.5. The van der Waals surface area contributed by atoms with Gasteiger partial charge in [0.25, 0.3) is 0 Å². The SMILES string of the molecule is O=C(O)/C=C/C(=O)Nc1ccc(SC(C(=O)Nc2ccc(Cl)cc2C(F)(F)F)c2ccccc2)cc1. The lowest BCUT2D eigenvalue weighted by Gasteiger charge is -2.19. The molecule has 0 saturated heterocycles. The molecule has 6 nitrogen and oxygen atoms in total. The number of carbonyl (C=O) groups excluding carboxylic acids is 2. The van der Waals surface area contributed by atoms with Crippen LogP contribution in [0.15, 0.2) is 89.8 Å². The molecule has 0 fully saturated rings. The quantitative estimate of drug-likeness (QED) is 0.229. The van der Waals surface area contributed by atoms with E-state index >= 15 is 0 Å². The lowest BCUT2D eigenvalue weighted by atomic mass is 10.1. The van der Waals surface area contributed by atoms with Crippen LogP contribution >= 0.6 is 23.4 Å². The van der Waals surface area contributed by atoms with Gasteiger partial charge in [0.1, 0.15) is 5.25 Å². The number of alkyl halides is 3. The second-order valence-electron chi connectivity index (χ2n) is 7.27. The lowest BCUT2D eigenvalue weighted by Crippen LogP contribution is -2.21. The topological polar surface area (TPSA) is 95.5 Å². The molecule has 3 aromatic rings. The molecule has 11 heteroatoms. The first-order valence-corrected chi connectivity index (χ1v) is 11.5. The van der Waals surface area contributed by atoms with Crippen LogP contribution in [-0.4, -0.2) is 22.9 Å². The van der Waals surface area contributed by atoms with Crippen LogP contribution in [0.3, 0.4) is 0 Å². The molecule has 0 aliphatic rings. The van der Waals surface area contributed by atoms with Gasteiger partial charge in [-0.25, -0.2) is 4.79 Å². The smallest absolute Gasteiger partial charge is 0.418 e. The zero-order valence-electron chi connectivity index (χ0n) is 18.3. The highest BCUT2D eigenvalue weighted by molar-refractivity contribution is 8.00. The number of nitrogens with one attached hydrogen (secondary N) is 2.